The Hall–Kier alpha value is -2.07. The summed E-state index contributed by atoms with van der Waals surface area (Å²) in [5.74, 6) is -0.764. The van der Waals surface area contributed by atoms with E-state index in [1.807, 2.05) is 25.1 Å². The molecule has 1 amide bonds. The highest BCUT2D eigenvalue weighted by Crippen LogP contribution is 2.29. The number of benzene rings is 2. The lowest BCUT2D eigenvalue weighted by Crippen LogP contribution is -2.44. The van der Waals surface area contributed by atoms with E-state index in [0.717, 1.165) is 25.1 Å². The first-order valence-electron chi connectivity index (χ1n) is 7.67. The van der Waals surface area contributed by atoms with Gasteiger partial charge in [0, 0.05) is 17.3 Å². The fourth-order valence-electron chi connectivity index (χ4n) is 2.93. The van der Waals surface area contributed by atoms with Gasteiger partial charge in [0.2, 0.25) is 5.91 Å². The highest BCUT2D eigenvalue weighted by molar-refractivity contribution is 6.30. The maximum Gasteiger partial charge on any atom is 0.246 e. The van der Waals surface area contributed by atoms with E-state index < -0.39 is 5.82 Å². The zero-order chi connectivity index (χ0) is 16.4. The fraction of sp³-hybridized carbons (Fsp3) is 0.278. The van der Waals surface area contributed by atoms with E-state index in [9.17, 15) is 9.18 Å². The van der Waals surface area contributed by atoms with Gasteiger partial charge in [-0.05, 0) is 49.6 Å². The number of carbonyl (C=O) groups excluding carboxylic acids is 1. The zero-order valence-electron chi connectivity index (χ0n) is 12.9. The Balaban J connectivity index is 1.78. The van der Waals surface area contributed by atoms with Crippen molar-refractivity contribution in [1.29, 1.82) is 0 Å². The molecule has 3 nitrogen and oxygen atoms in total. The molecule has 0 saturated heterocycles. The van der Waals surface area contributed by atoms with Gasteiger partial charge in [-0.1, -0.05) is 29.8 Å². The van der Waals surface area contributed by atoms with Crippen LogP contribution in [0.2, 0.25) is 5.02 Å². The van der Waals surface area contributed by atoms with Crippen LogP contribution in [0, 0.1) is 5.82 Å². The third-order valence-corrected chi connectivity index (χ3v) is 4.42. The molecule has 0 spiro atoms. The lowest BCUT2D eigenvalue weighted by Gasteiger charge is -2.35. The molecule has 120 valence electrons. The molecule has 0 bridgehead atoms. The number of amides is 1. The van der Waals surface area contributed by atoms with Gasteiger partial charge in [0.15, 0.2) is 0 Å². The van der Waals surface area contributed by atoms with Crippen molar-refractivity contribution >= 4 is 28.9 Å². The van der Waals surface area contributed by atoms with Crippen molar-refractivity contribution in [3.8, 4) is 0 Å². The van der Waals surface area contributed by atoms with Crippen LogP contribution in [-0.4, -0.2) is 18.5 Å². The summed E-state index contributed by atoms with van der Waals surface area (Å²) >= 11 is 5.73. The number of hydrogen-bond donors (Lipinski definition) is 1. The predicted octanol–water partition coefficient (Wildman–Crippen LogP) is 4.26. The maximum atomic E-state index is 13.8. The predicted molar refractivity (Wildman–Crippen MR) is 91.6 cm³/mol. The van der Waals surface area contributed by atoms with Gasteiger partial charge >= 0.3 is 0 Å². The molecule has 0 aliphatic carbocycles. The number of anilines is 2. The molecular formula is C18H18ClFN2O. The highest BCUT2D eigenvalue weighted by Gasteiger charge is 2.26. The molecule has 2 aromatic carbocycles. The Labute approximate surface area is 140 Å². The zero-order valence-corrected chi connectivity index (χ0v) is 13.6. The summed E-state index contributed by atoms with van der Waals surface area (Å²) in [6, 6.07) is 11.9. The number of fused-ring (bicyclic) bond motifs is 1. The molecule has 0 radical (unpaired) electrons. The van der Waals surface area contributed by atoms with Crippen LogP contribution in [0.3, 0.4) is 0 Å². The number of aryl methyl sites for hydroxylation is 1. The first-order chi connectivity index (χ1) is 11.1. The summed E-state index contributed by atoms with van der Waals surface area (Å²) in [5.41, 5.74) is 2.48. The van der Waals surface area contributed by atoms with E-state index in [0.29, 0.717) is 5.02 Å². The Kier molecular flexibility index (Phi) is 4.53. The SMILES string of the molecule is C[C@H](C(=O)Nc1ccc(Cl)cc1F)N1CCCc2ccccc21. The van der Waals surface area contributed by atoms with Crippen LogP contribution in [-0.2, 0) is 11.2 Å². The third-order valence-electron chi connectivity index (χ3n) is 4.18. The second-order valence-corrected chi connectivity index (χ2v) is 6.15. The standard InChI is InChI=1S/C18H18ClFN2O/c1-12(18(23)21-16-9-8-14(19)11-15(16)20)22-10-4-6-13-5-2-3-7-17(13)22/h2-3,5,7-9,11-12H,4,6,10H2,1H3,(H,21,23)/t12-/m1/s1. The monoisotopic (exact) mass is 332 g/mol. The Morgan fingerprint density at radius 3 is 2.87 bits per heavy atom. The molecule has 0 saturated carbocycles. The molecular weight excluding hydrogens is 315 g/mol. The van der Waals surface area contributed by atoms with Crippen molar-refractivity contribution in [3.05, 3.63) is 58.9 Å². The minimum absolute atomic E-state index is 0.150. The van der Waals surface area contributed by atoms with Crippen molar-refractivity contribution in [3.63, 3.8) is 0 Å². The number of nitrogens with zero attached hydrogens (tertiary/aromatic N) is 1. The van der Waals surface area contributed by atoms with Crippen LogP contribution >= 0.6 is 11.6 Å². The van der Waals surface area contributed by atoms with Gasteiger partial charge in [-0.25, -0.2) is 4.39 Å². The number of rotatable bonds is 3. The highest BCUT2D eigenvalue weighted by atomic mass is 35.5. The maximum absolute atomic E-state index is 13.8. The van der Waals surface area contributed by atoms with E-state index in [4.69, 9.17) is 11.6 Å². The normalized spacial score (nSPS) is 15.0. The summed E-state index contributed by atoms with van der Waals surface area (Å²) < 4.78 is 13.8. The second kappa shape index (κ2) is 6.59. The Morgan fingerprint density at radius 1 is 1.30 bits per heavy atom. The smallest absolute Gasteiger partial charge is 0.246 e. The quantitative estimate of drug-likeness (QED) is 0.911. The lowest BCUT2D eigenvalue weighted by molar-refractivity contribution is -0.117. The summed E-state index contributed by atoms with van der Waals surface area (Å²) in [6.07, 6.45) is 2.02. The van der Waals surface area contributed by atoms with E-state index >= 15 is 0 Å². The van der Waals surface area contributed by atoms with Gasteiger partial charge in [0.1, 0.15) is 11.9 Å². The number of carbonyl (C=O) groups is 1. The fourth-order valence-corrected chi connectivity index (χ4v) is 3.09. The molecule has 1 aliphatic rings. The van der Waals surface area contributed by atoms with Crippen LogP contribution in [0.5, 0.6) is 0 Å². The van der Waals surface area contributed by atoms with Crippen LogP contribution in [0.1, 0.15) is 18.9 Å². The topological polar surface area (TPSA) is 32.3 Å². The van der Waals surface area contributed by atoms with Crippen molar-refractivity contribution in [2.45, 2.75) is 25.8 Å². The minimum atomic E-state index is -0.530. The Bertz CT molecular complexity index is 735. The molecule has 1 aliphatic heterocycles. The lowest BCUT2D eigenvalue weighted by atomic mass is 10.00. The molecule has 1 heterocycles. The minimum Gasteiger partial charge on any atom is -0.360 e. The molecule has 3 rings (SSSR count). The first kappa shape index (κ1) is 15.8. The van der Waals surface area contributed by atoms with Gasteiger partial charge in [-0.15, -0.1) is 0 Å². The number of hydrogen-bond acceptors (Lipinski definition) is 2. The number of nitrogens with one attached hydrogen (secondary N) is 1. The molecule has 0 fully saturated rings. The van der Waals surface area contributed by atoms with Gasteiger partial charge in [-0.3, -0.25) is 4.79 Å². The molecule has 2 aromatic rings. The first-order valence-corrected chi connectivity index (χ1v) is 8.04. The molecule has 5 heteroatoms. The summed E-state index contributed by atoms with van der Waals surface area (Å²) in [4.78, 5) is 14.6. The Morgan fingerprint density at radius 2 is 2.09 bits per heavy atom. The van der Waals surface area contributed by atoms with Crippen molar-refractivity contribution in [1.82, 2.24) is 0 Å². The summed E-state index contributed by atoms with van der Waals surface area (Å²) in [5, 5.41) is 2.96. The van der Waals surface area contributed by atoms with Crippen LogP contribution in [0.15, 0.2) is 42.5 Å². The number of para-hydroxylation sites is 1. The largest absolute Gasteiger partial charge is 0.360 e. The van der Waals surface area contributed by atoms with E-state index in [-0.39, 0.29) is 17.6 Å². The van der Waals surface area contributed by atoms with Crippen LogP contribution in [0.25, 0.3) is 0 Å². The molecule has 1 atom stereocenters. The molecule has 23 heavy (non-hydrogen) atoms. The van der Waals surface area contributed by atoms with Crippen LogP contribution < -0.4 is 10.2 Å². The van der Waals surface area contributed by atoms with Gasteiger partial charge < -0.3 is 10.2 Å². The molecule has 0 unspecified atom stereocenters. The second-order valence-electron chi connectivity index (χ2n) is 5.72. The van der Waals surface area contributed by atoms with Crippen molar-refractivity contribution in [2.75, 3.05) is 16.8 Å². The average molecular weight is 333 g/mol. The van der Waals surface area contributed by atoms with E-state index in [1.54, 1.807) is 6.07 Å². The third kappa shape index (κ3) is 3.32. The van der Waals surface area contributed by atoms with Gasteiger partial charge in [-0.2, -0.15) is 0 Å². The van der Waals surface area contributed by atoms with Crippen molar-refractivity contribution in [2.24, 2.45) is 0 Å². The molecule has 1 N–H and O–H groups in total. The summed E-state index contributed by atoms with van der Waals surface area (Å²) in [6.45, 7) is 2.65. The van der Waals surface area contributed by atoms with Gasteiger partial charge in [0.05, 0.1) is 5.69 Å². The van der Waals surface area contributed by atoms with Gasteiger partial charge in [0.25, 0.3) is 0 Å². The number of halogens is 2. The summed E-state index contributed by atoms with van der Waals surface area (Å²) in [7, 11) is 0. The molecule has 0 aromatic heterocycles. The van der Waals surface area contributed by atoms with Crippen LogP contribution in [0.4, 0.5) is 15.8 Å². The van der Waals surface area contributed by atoms with E-state index in [2.05, 4.69) is 16.3 Å². The van der Waals surface area contributed by atoms with E-state index in [1.165, 1.54) is 17.7 Å². The van der Waals surface area contributed by atoms with Crippen molar-refractivity contribution < 1.29 is 9.18 Å². The average Bonchev–Trinajstić information content (AvgIpc) is 2.56.